The second-order valence-electron chi connectivity index (χ2n) is 7.61. The van der Waals surface area contributed by atoms with Crippen molar-refractivity contribution in [3.05, 3.63) is 71.3 Å². The van der Waals surface area contributed by atoms with Gasteiger partial charge in [-0.05, 0) is 18.6 Å². The van der Waals surface area contributed by atoms with Crippen LogP contribution >= 0.6 is 0 Å². The predicted molar refractivity (Wildman–Crippen MR) is 111 cm³/mol. The molecule has 8 nitrogen and oxygen atoms in total. The molecule has 0 unspecified atom stereocenters. The van der Waals surface area contributed by atoms with Gasteiger partial charge in [0.15, 0.2) is 5.69 Å². The fourth-order valence-electron chi connectivity index (χ4n) is 4.20. The van der Waals surface area contributed by atoms with Gasteiger partial charge in [0.2, 0.25) is 11.6 Å². The minimum Gasteiger partial charge on any atom is -0.368 e. The molecule has 1 aliphatic heterocycles. The third kappa shape index (κ3) is 3.29. The van der Waals surface area contributed by atoms with Crippen molar-refractivity contribution in [1.82, 2.24) is 24.9 Å². The topological polar surface area (TPSA) is 84.2 Å². The number of pyridine rings is 1. The molecule has 0 N–H and O–H groups in total. The number of piperazine rings is 1. The number of anilines is 1. The van der Waals surface area contributed by atoms with Crippen molar-refractivity contribution in [1.29, 1.82) is 0 Å². The predicted octanol–water partition coefficient (Wildman–Crippen LogP) is 1.66. The number of hydrogen-bond donors (Lipinski definition) is 0. The standard InChI is InChI=1S/C22H22N6O2/c29-21-17-6-1-2-7-18(17)22(30)20-19(21)24-25-28(20)10-4-9-26-11-13-27(14-12-26)16-5-3-8-23-15-16/h1-3,5-8,15H,4,9-14H2. The molecule has 1 aromatic carbocycles. The molecular formula is C22H22N6O2. The summed E-state index contributed by atoms with van der Waals surface area (Å²) in [7, 11) is 0. The van der Waals surface area contributed by atoms with E-state index in [2.05, 4.69) is 31.2 Å². The molecule has 2 aliphatic rings. The first-order valence-corrected chi connectivity index (χ1v) is 10.2. The van der Waals surface area contributed by atoms with Gasteiger partial charge in [-0.1, -0.05) is 29.5 Å². The van der Waals surface area contributed by atoms with Crippen molar-refractivity contribution < 1.29 is 9.59 Å². The van der Waals surface area contributed by atoms with E-state index in [0.29, 0.717) is 23.4 Å². The molecule has 1 saturated heterocycles. The second kappa shape index (κ2) is 7.79. The summed E-state index contributed by atoms with van der Waals surface area (Å²) < 4.78 is 1.59. The van der Waals surface area contributed by atoms with Crippen LogP contribution in [-0.2, 0) is 6.54 Å². The summed E-state index contributed by atoms with van der Waals surface area (Å²) in [5, 5.41) is 8.12. The Balaban J connectivity index is 1.19. The third-order valence-electron chi connectivity index (χ3n) is 5.81. The highest BCUT2D eigenvalue weighted by atomic mass is 16.1. The summed E-state index contributed by atoms with van der Waals surface area (Å²) in [6, 6.07) is 10.9. The Morgan fingerprint density at radius 1 is 0.867 bits per heavy atom. The van der Waals surface area contributed by atoms with E-state index < -0.39 is 0 Å². The number of nitrogens with zero attached hydrogens (tertiary/aromatic N) is 6. The summed E-state index contributed by atoms with van der Waals surface area (Å²) in [5.41, 5.74) is 2.50. The molecule has 2 aromatic heterocycles. The van der Waals surface area contributed by atoms with E-state index in [1.165, 1.54) is 0 Å². The van der Waals surface area contributed by atoms with Gasteiger partial charge >= 0.3 is 0 Å². The number of carbonyl (C=O) groups is 2. The summed E-state index contributed by atoms with van der Waals surface area (Å²) in [6.07, 6.45) is 4.53. The minimum atomic E-state index is -0.224. The van der Waals surface area contributed by atoms with Crippen LogP contribution in [0.15, 0.2) is 48.8 Å². The number of aryl methyl sites for hydroxylation is 1. The molecule has 0 radical (unpaired) electrons. The minimum absolute atomic E-state index is 0.170. The zero-order valence-electron chi connectivity index (χ0n) is 16.6. The van der Waals surface area contributed by atoms with Gasteiger partial charge in [-0.2, -0.15) is 0 Å². The first-order valence-electron chi connectivity index (χ1n) is 10.2. The first-order chi connectivity index (χ1) is 14.7. The van der Waals surface area contributed by atoms with Crippen molar-refractivity contribution in [2.45, 2.75) is 13.0 Å². The number of rotatable bonds is 5. The SMILES string of the molecule is O=C1c2ccccc2C(=O)c2c1nnn2CCCN1CCN(c2cccnc2)CC1. The zero-order valence-corrected chi connectivity index (χ0v) is 16.6. The first kappa shape index (κ1) is 18.6. The fourth-order valence-corrected chi connectivity index (χ4v) is 4.20. The molecule has 5 rings (SSSR count). The van der Waals surface area contributed by atoms with Crippen LogP contribution in [0, 0.1) is 0 Å². The number of aromatic nitrogens is 4. The summed E-state index contributed by atoms with van der Waals surface area (Å²) >= 11 is 0. The van der Waals surface area contributed by atoms with E-state index in [-0.39, 0.29) is 17.3 Å². The number of ketones is 2. The maximum atomic E-state index is 12.9. The van der Waals surface area contributed by atoms with Crippen molar-refractivity contribution in [2.75, 3.05) is 37.6 Å². The Bertz CT molecular complexity index is 1090. The largest absolute Gasteiger partial charge is 0.368 e. The van der Waals surface area contributed by atoms with Crippen LogP contribution in [0.1, 0.15) is 38.5 Å². The van der Waals surface area contributed by atoms with Gasteiger partial charge in [0.05, 0.1) is 11.9 Å². The molecule has 0 amide bonds. The number of carbonyl (C=O) groups excluding carboxylic acids is 2. The van der Waals surface area contributed by atoms with Crippen LogP contribution in [-0.4, -0.2) is 69.2 Å². The Morgan fingerprint density at radius 3 is 2.37 bits per heavy atom. The highest BCUT2D eigenvalue weighted by molar-refractivity contribution is 6.26. The van der Waals surface area contributed by atoms with Gasteiger partial charge in [-0.3, -0.25) is 19.5 Å². The molecule has 1 fully saturated rings. The van der Waals surface area contributed by atoms with Gasteiger partial charge in [-0.25, -0.2) is 4.68 Å². The lowest BCUT2D eigenvalue weighted by Gasteiger charge is -2.35. The summed E-state index contributed by atoms with van der Waals surface area (Å²) in [4.78, 5) is 34.5. The zero-order chi connectivity index (χ0) is 20.5. The van der Waals surface area contributed by atoms with Gasteiger partial charge in [-0.15, -0.1) is 5.10 Å². The number of benzene rings is 1. The molecule has 0 bridgehead atoms. The molecule has 0 spiro atoms. The van der Waals surface area contributed by atoms with Crippen LogP contribution in [0.25, 0.3) is 0 Å². The van der Waals surface area contributed by atoms with E-state index in [4.69, 9.17) is 0 Å². The monoisotopic (exact) mass is 402 g/mol. The third-order valence-corrected chi connectivity index (χ3v) is 5.81. The maximum Gasteiger partial charge on any atom is 0.216 e. The summed E-state index contributed by atoms with van der Waals surface area (Å²) in [5.74, 6) is -0.395. The van der Waals surface area contributed by atoms with Crippen LogP contribution < -0.4 is 4.90 Å². The highest BCUT2D eigenvalue weighted by Crippen LogP contribution is 2.25. The normalized spacial score (nSPS) is 16.5. The lowest BCUT2D eigenvalue weighted by atomic mass is 9.90. The van der Waals surface area contributed by atoms with Crippen molar-refractivity contribution in [3.8, 4) is 0 Å². The Hall–Kier alpha value is -3.39. The molecule has 1 aliphatic carbocycles. The molecule has 0 atom stereocenters. The second-order valence-corrected chi connectivity index (χ2v) is 7.61. The Labute approximate surface area is 174 Å². The molecular weight excluding hydrogens is 380 g/mol. The van der Waals surface area contributed by atoms with Crippen molar-refractivity contribution >= 4 is 17.3 Å². The van der Waals surface area contributed by atoms with Crippen molar-refractivity contribution in [3.63, 3.8) is 0 Å². The number of fused-ring (bicyclic) bond motifs is 2. The smallest absolute Gasteiger partial charge is 0.216 e. The molecule has 30 heavy (non-hydrogen) atoms. The van der Waals surface area contributed by atoms with E-state index >= 15 is 0 Å². The lowest BCUT2D eigenvalue weighted by Crippen LogP contribution is -2.46. The fraction of sp³-hybridized carbons (Fsp3) is 0.318. The van der Waals surface area contributed by atoms with Crippen LogP contribution in [0.5, 0.6) is 0 Å². The molecule has 0 saturated carbocycles. The van der Waals surface area contributed by atoms with E-state index in [1.807, 2.05) is 12.3 Å². The van der Waals surface area contributed by atoms with Gasteiger partial charge < -0.3 is 4.90 Å². The van der Waals surface area contributed by atoms with E-state index in [1.54, 1.807) is 35.1 Å². The average Bonchev–Trinajstić information content (AvgIpc) is 3.23. The summed E-state index contributed by atoms with van der Waals surface area (Å²) in [6.45, 7) is 5.37. The van der Waals surface area contributed by atoms with Crippen LogP contribution in [0.3, 0.4) is 0 Å². The Kier molecular flexibility index (Phi) is 4.84. The van der Waals surface area contributed by atoms with Crippen molar-refractivity contribution in [2.24, 2.45) is 0 Å². The van der Waals surface area contributed by atoms with Gasteiger partial charge in [0.1, 0.15) is 5.69 Å². The molecule has 152 valence electrons. The van der Waals surface area contributed by atoms with E-state index in [0.717, 1.165) is 44.8 Å². The quantitative estimate of drug-likeness (QED) is 0.502. The lowest BCUT2D eigenvalue weighted by molar-refractivity contribution is 0.0970. The number of hydrogen-bond acceptors (Lipinski definition) is 7. The molecule has 3 heterocycles. The van der Waals surface area contributed by atoms with Crippen LogP contribution in [0.2, 0.25) is 0 Å². The Morgan fingerprint density at radius 2 is 1.63 bits per heavy atom. The highest BCUT2D eigenvalue weighted by Gasteiger charge is 2.34. The molecule has 3 aromatic rings. The maximum absolute atomic E-state index is 12.9. The van der Waals surface area contributed by atoms with Crippen LogP contribution in [0.4, 0.5) is 5.69 Å². The molecule has 8 heteroatoms. The average molecular weight is 402 g/mol. The van der Waals surface area contributed by atoms with Gasteiger partial charge in [0, 0.05) is 56.6 Å². The van der Waals surface area contributed by atoms with E-state index in [9.17, 15) is 9.59 Å². The van der Waals surface area contributed by atoms with Gasteiger partial charge in [0.25, 0.3) is 0 Å².